The van der Waals surface area contributed by atoms with Crippen molar-refractivity contribution in [3.63, 3.8) is 0 Å². The molecule has 0 saturated heterocycles. The van der Waals surface area contributed by atoms with Gasteiger partial charge in [-0.2, -0.15) is 0 Å². The van der Waals surface area contributed by atoms with E-state index < -0.39 is 0 Å². The molecular formula is C19H17NO2S. The van der Waals surface area contributed by atoms with Gasteiger partial charge in [0, 0.05) is 12.2 Å². The number of benzene rings is 2. The summed E-state index contributed by atoms with van der Waals surface area (Å²) in [6.45, 7) is 0.742. The van der Waals surface area contributed by atoms with Crippen molar-refractivity contribution >= 4 is 28.0 Å². The van der Waals surface area contributed by atoms with Crippen LogP contribution in [0.15, 0.2) is 72.8 Å². The molecule has 1 heterocycles. The maximum Gasteiger partial charge on any atom is 0.348 e. The number of carbonyl (C=O) groups excluding carboxylic acids is 1. The second kappa shape index (κ2) is 7.11. The fraction of sp³-hybridized carbons (Fsp3) is 0.105. The van der Waals surface area contributed by atoms with Gasteiger partial charge in [-0.05, 0) is 29.8 Å². The Morgan fingerprint density at radius 2 is 1.61 bits per heavy atom. The molecule has 0 aliphatic carbocycles. The summed E-state index contributed by atoms with van der Waals surface area (Å²) < 4.78 is 4.81. The minimum atomic E-state index is -0.297. The van der Waals surface area contributed by atoms with Crippen molar-refractivity contribution < 1.29 is 9.53 Å². The average Bonchev–Trinajstić information content (AvgIpc) is 3.10. The first-order chi connectivity index (χ1) is 11.3. The predicted octanol–water partition coefficient (Wildman–Crippen LogP) is 4.87. The monoisotopic (exact) mass is 323 g/mol. The van der Waals surface area contributed by atoms with Crippen molar-refractivity contribution in [3.05, 3.63) is 83.2 Å². The minimum Gasteiger partial charge on any atom is -0.465 e. The van der Waals surface area contributed by atoms with Crippen LogP contribution in [-0.2, 0) is 11.3 Å². The molecule has 0 fully saturated rings. The number of thiophene rings is 1. The Bertz CT molecular complexity index is 768. The van der Waals surface area contributed by atoms with E-state index >= 15 is 0 Å². The summed E-state index contributed by atoms with van der Waals surface area (Å²) in [4.78, 5) is 14.5. The zero-order chi connectivity index (χ0) is 16.1. The number of hydrogen-bond acceptors (Lipinski definition) is 4. The number of rotatable bonds is 5. The lowest BCUT2D eigenvalue weighted by Crippen LogP contribution is -2.15. The van der Waals surface area contributed by atoms with Crippen LogP contribution in [0.4, 0.5) is 10.7 Å². The SMILES string of the molecule is COC(=O)c1ccc(N(Cc2ccccc2)c2ccccc2)s1. The summed E-state index contributed by atoms with van der Waals surface area (Å²) in [5.74, 6) is -0.297. The highest BCUT2D eigenvalue weighted by atomic mass is 32.1. The zero-order valence-corrected chi connectivity index (χ0v) is 13.6. The smallest absolute Gasteiger partial charge is 0.348 e. The van der Waals surface area contributed by atoms with Gasteiger partial charge in [0.1, 0.15) is 4.88 Å². The lowest BCUT2D eigenvalue weighted by atomic mass is 10.2. The molecule has 0 atom stereocenters. The number of nitrogens with zero attached hydrogens (tertiary/aromatic N) is 1. The molecule has 1 aromatic heterocycles. The zero-order valence-electron chi connectivity index (χ0n) is 12.8. The van der Waals surface area contributed by atoms with Crippen LogP contribution < -0.4 is 4.90 Å². The van der Waals surface area contributed by atoms with Gasteiger partial charge < -0.3 is 9.64 Å². The van der Waals surface area contributed by atoms with Gasteiger partial charge in [-0.3, -0.25) is 0 Å². The summed E-state index contributed by atoms with van der Waals surface area (Å²) in [5.41, 5.74) is 2.30. The average molecular weight is 323 g/mol. The maximum atomic E-state index is 11.7. The Morgan fingerprint density at radius 3 is 2.26 bits per heavy atom. The van der Waals surface area contributed by atoms with Gasteiger partial charge in [0.25, 0.3) is 0 Å². The van der Waals surface area contributed by atoms with Crippen LogP contribution >= 0.6 is 11.3 Å². The summed E-state index contributed by atoms with van der Waals surface area (Å²) in [5, 5.41) is 1.01. The van der Waals surface area contributed by atoms with Crippen LogP contribution in [0.25, 0.3) is 0 Å². The second-order valence-electron chi connectivity index (χ2n) is 5.04. The van der Waals surface area contributed by atoms with Gasteiger partial charge in [0.15, 0.2) is 0 Å². The van der Waals surface area contributed by atoms with Gasteiger partial charge >= 0.3 is 5.97 Å². The lowest BCUT2D eigenvalue weighted by molar-refractivity contribution is 0.0606. The third-order valence-electron chi connectivity index (χ3n) is 3.50. The van der Waals surface area contributed by atoms with Crippen molar-refractivity contribution in [2.24, 2.45) is 0 Å². The van der Waals surface area contributed by atoms with Crippen LogP contribution in [0.3, 0.4) is 0 Å². The molecule has 0 N–H and O–H groups in total. The molecule has 0 radical (unpaired) electrons. The van der Waals surface area contributed by atoms with E-state index in [0.29, 0.717) is 4.88 Å². The van der Waals surface area contributed by atoms with Gasteiger partial charge in [0.2, 0.25) is 0 Å². The first-order valence-electron chi connectivity index (χ1n) is 7.32. The molecule has 116 valence electrons. The van der Waals surface area contributed by atoms with Crippen LogP contribution in [0.5, 0.6) is 0 Å². The largest absolute Gasteiger partial charge is 0.465 e. The number of para-hydroxylation sites is 1. The van der Waals surface area contributed by atoms with E-state index in [-0.39, 0.29) is 5.97 Å². The molecular weight excluding hydrogens is 306 g/mol. The fourth-order valence-corrected chi connectivity index (χ4v) is 3.30. The van der Waals surface area contributed by atoms with Crippen molar-refractivity contribution in [2.45, 2.75) is 6.54 Å². The van der Waals surface area contributed by atoms with Crippen molar-refractivity contribution in [1.82, 2.24) is 0 Å². The van der Waals surface area contributed by atoms with E-state index in [1.165, 1.54) is 24.0 Å². The number of hydrogen-bond donors (Lipinski definition) is 0. The van der Waals surface area contributed by atoms with Gasteiger partial charge in [-0.15, -0.1) is 11.3 Å². The first-order valence-corrected chi connectivity index (χ1v) is 8.14. The third kappa shape index (κ3) is 3.60. The molecule has 0 bridgehead atoms. The first kappa shape index (κ1) is 15.3. The van der Waals surface area contributed by atoms with E-state index in [2.05, 4.69) is 29.2 Å². The minimum absolute atomic E-state index is 0.297. The number of esters is 1. The highest BCUT2D eigenvalue weighted by Gasteiger charge is 2.15. The molecule has 2 aromatic carbocycles. The summed E-state index contributed by atoms with van der Waals surface area (Å²) in [6.07, 6.45) is 0. The summed E-state index contributed by atoms with van der Waals surface area (Å²) in [6, 6.07) is 24.2. The Morgan fingerprint density at radius 1 is 0.957 bits per heavy atom. The number of methoxy groups -OCH3 is 1. The molecule has 23 heavy (non-hydrogen) atoms. The van der Waals surface area contributed by atoms with E-state index in [0.717, 1.165) is 17.2 Å². The van der Waals surface area contributed by atoms with Crippen LogP contribution in [0.1, 0.15) is 15.2 Å². The number of carbonyl (C=O) groups is 1. The molecule has 3 rings (SSSR count). The van der Waals surface area contributed by atoms with E-state index in [9.17, 15) is 4.79 Å². The van der Waals surface area contributed by atoms with Crippen LogP contribution in [-0.4, -0.2) is 13.1 Å². The molecule has 0 saturated carbocycles. The molecule has 4 heteroatoms. The van der Waals surface area contributed by atoms with Gasteiger partial charge in [0.05, 0.1) is 12.1 Å². The quantitative estimate of drug-likeness (QED) is 0.627. The second-order valence-corrected chi connectivity index (χ2v) is 6.10. The normalized spacial score (nSPS) is 10.3. The topological polar surface area (TPSA) is 29.5 Å². The maximum absolute atomic E-state index is 11.7. The number of anilines is 2. The molecule has 3 aromatic rings. The predicted molar refractivity (Wildman–Crippen MR) is 94.4 cm³/mol. The van der Waals surface area contributed by atoms with Gasteiger partial charge in [-0.1, -0.05) is 48.5 Å². The molecule has 0 amide bonds. The molecule has 0 unspecified atom stereocenters. The standard InChI is InChI=1S/C19H17NO2S/c1-22-19(21)17-12-13-18(23-17)20(16-10-6-3-7-11-16)14-15-8-4-2-5-9-15/h2-13H,14H2,1H3. The fourth-order valence-electron chi connectivity index (χ4n) is 2.35. The Balaban J connectivity index is 1.95. The van der Waals surface area contributed by atoms with Crippen LogP contribution in [0, 0.1) is 0 Å². The Hall–Kier alpha value is -2.59. The van der Waals surface area contributed by atoms with Crippen molar-refractivity contribution in [1.29, 1.82) is 0 Å². The summed E-state index contributed by atoms with van der Waals surface area (Å²) in [7, 11) is 1.40. The molecule has 0 aliphatic rings. The third-order valence-corrected chi connectivity index (χ3v) is 4.58. The molecule has 3 nitrogen and oxygen atoms in total. The van der Waals surface area contributed by atoms with Crippen LogP contribution in [0.2, 0.25) is 0 Å². The van der Waals surface area contributed by atoms with E-state index in [1.807, 2.05) is 48.5 Å². The Labute approximate surface area is 139 Å². The Kier molecular flexibility index (Phi) is 4.74. The molecule has 0 aliphatic heterocycles. The van der Waals surface area contributed by atoms with E-state index in [4.69, 9.17) is 4.74 Å². The highest BCUT2D eigenvalue weighted by Crippen LogP contribution is 2.33. The van der Waals surface area contributed by atoms with Crippen molar-refractivity contribution in [3.8, 4) is 0 Å². The van der Waals surface area contributed by atoms with E-state index in [1.54, 1.807) is 0 Å². The summed E-state index contributed by atoms with van der Waals surface area (Å²) >= 11 is 1.44. The van der Waals surface area contributed by atoms with Crippen molar-refractivity contribution in [2.75, 3.05) is 12.0 Å². The molecule has 0 spiro atoms. The number of ether oxygens (including phenoxy) is 1. The lowest BCUT2D eigenvalue weighted by Gasteiger charge is -2.23. The highest BCUT2D eigenvalue weighted by molar-refractivity contribution is 7.18. The van der Waals surface area contributed by atoms with Gasteiger partial charge in [-0.25, -0.2) is 4.79 Å².